The van der Waals surface area contributed by atoms with Crippen LogP contribution in [-0.2, 0) is 4.79 Å². The van der Waals surface area contributed by atoms with Crippen LogP contribution in [0, 0.1) is 11.8 Å². The first-order chi connectivity index (χ1) is 13.0. The molecule has 1 aliphatic heterocycles. The summed E-state index contributed by atoms with van der Waals surface area (Å²) in [6, 6.07) is 5.24. The van der Waals surface area contributed by atoms with Gasteiger partial charge in [0, 0.05) is 49.1 Å². The Hall–Kier alpha value is -3.09. The number of aromatic amines is 2. The maximum atomic E-state index is 12.3. The molecule has 1 saturated carbocycles. The van der Waals surface area contributed by atoms with E-state index in [-0.39, 0.29) is 23.1 Å². The van der Waals surface area contributed by atoms with Crippen molar-refractivity contribution in [2.24, 2.45) is 11.8 Å². The Morgan fingerprint density at radius 2 is 1.96 bits per heavy atom. The average Bonchev–Trinajstić information content (AvgIpc) is 3.46. The van der Waals surface area contributed by atoms with E-state index >= 15 is 0 Å². The van der Waals surface area contributed by atoms with Gasteiger partial charge in [-0.3, -0.25) is 14.4 Å². The van der Waals surface area contributed by atoms with Crippen molar-refractivity contribution >= 4 is 11.6 Å². The third-order valence-corrected chi connectivity index (χ3v) is 5.37. The fourth-order valence-electron chi connectivity index (χ4n) is 3.69. The van der Waals surface area contributed by atoms with Crippen molar-refractivity contribution < 1.29 is 4.79 Å². The quantitative estimate of drug-likeness (QED) is 0.676. The molecule has 7 heteroatoms. The molecule has 0 aromatic carbocycles. The van der Waals surface area contributed by atoms with Gasteiger partial charge in [-0.05, 0) is 42.5 Å². The molecule has 2 fully saturated rings. The lowest BCUT2D eigenvalue weighted by atomic mass is 9.88. The van der Waals surface area contributed by atoms with Crippen LogP contribution in [0.3, 0.4) is 0 Å². The predicted octanol–water partition coefficient (Wildman–Crippen LogP) is 1.57. The molecule has 0 spiro atoms. The number of aromatic nitrogens is 2. The molecule has 2 aliphatic rings. The molecule has 3 heterocycles. The molecule has 2 aromatic heterocycles. The van der Waals surface area contributed by atoms with Crippen LogP contribution in [0.2, 0.25) is 0 Å². The van der Waals surface area contributed by atoms with E-state index in [1.54, 1.807) is 29.4 Å². The standard InChI is InChI=1S/C20H22N4O3/c1-2-18(26)24-10-15(11-24)19(12-3-4-12)23-16-7-14(9-22-20(16)27)13-5-6-21-17(25)8-13/h2,5-9,12,15,19,23H,1,3-4,10-11H2,(H,21,25)(H,22,27). The Bertz CT molecular complexity index is 983. The van der Waals surface area contributed by atoms with Gasteiger partial charge in [-0.15, -0.1) is 0 Å². The zero-order chi connectivity index (χ0) is 19.0. The maximum absolute atomic E-state index is 12.3. The fourth-order valence-corrected chi connectivity index (χ4v) is 3.69. The number of pyridine rings is 2. The van der Waals surface area contributed by atoms with Crippen LogP contribution < -0.4 is 16.4 Å². The van der Waals surface area contributed by atoms with Crippen molar-refractivity contribution in [1.29, 1.82) is 0 Å². The number of H-pyrrole nitrogens is 2. The van der Waals surface area contributed by atoms with Crippen molar-refractivity contribution in [2.45, 2.75) is 18.9 Å². The van der Waals surface area contributed by atoms with Crippen molar-refractivity contribution in [3.05, 3.63) is 64.0 Å². The van der Waals surface area contributed by atoms with Gasteiger partial charge >= 0.3 is 0 Å². The van der Waals surface area contributed by atoms with Gasteiger partial charge in [0.1, 0.15) is 5.69 Å². The first-order valence-electron chi connectivity index (χ1n) is 9.15. The van der Waals surface area contributed by atoms with E-state index in [4.69, 9.17) is 0 Å². The summed E-state index contributed by atoms with van der Waals surface area (Å²) in [5.41, 5.74) is 1.64. The first-order valence-corrected chi connectivity index (χ1v) is 9.15. The molecule has 3 N–H and O–H groups in total. The summed E-state index contributed by atoms with van der Waals surface area (Å²) < 4.78 is 0. The molecule has 0 bridgehead atoms. The number of hydrogen-bond donors (Lipinski definition) is 3. The molecular formula is C20H22N4O3. The van der Waals surface area contributed by atoms with Gasteiger partial charge < -0.3 is 20.2 Å². The Balaban J connectivity index is 1.55. The lowest BCUT2D eigenvalue weighted by molar-refractivity contribution is -0.132. The SMILES string of the molecule is C=CC(=O)N1CC(C(Nc2cc(-c3cc[nH]c(=O)c3)c[nH]c2=O)C2CC2)C1. The number of hydrogen-bond acceptors (Lipinski definition) is 4. The number of nitrogens with one attached hydrogen (secondary N) is 3. The summed E-state index contributed by atoms with van der Waals surface area (Å²) in [5, 5.41) is 3.42. The summed E-state index contributed by atoms with van der Waals surface area (Å²) in [6.07, 6.45) is 6.81. The minimum atomic E-state index is -0.189. The van der Waals surface area contributed by atoms with Crippen LogP contribution in [0.1, 0.15) is 12.8 Å². The highest BCUT2D eigenvalue weighted by Crippen LogP contribution is 2.40. The van der Waals surface area contributed by atoms with E-state index < -0.39 is 0 Å². The molecule has 27 heavy (non-hydrogen) atoms. The van der Waals surface area contributed by atoms with Crippen LogP contribution in [-0.4, -0.2) is 39.9 Å². The molecule has 7 nitrogen and oxygen atoms in total. The number of amides is 1. The Labute approximate surface area is 156 Å². The van der Waals surface area contributed by atoms with Crippen LogP contribution in [0.5, 0.6) is 0 Å². The largest absolute Gasteiger partial charge is 0.377 e. The summed E-state index contributed by atoms with van der Waals surface area (Å²) >= 11 is 0. The van der Waals surface area contributed by atoms with Gasteiger partial charge in [0.25, 0.3) is 5.56 Å². The minimum absolute atomic E-state index is 0.0464. The van der Waals surface area contributed by atoms with Crippen LogP contribution in [0.25, 0.3) is 11.1 Å². The monoisotopic (exact) mass is 366 g/mol. The summed E-state index contributed by atoms with van der Waals surface area (Å²) in [7, 11) is 0. The van der Waals surface area contributed by atoms with Gasteiger partial charge in [0.05, 0.1) is 0 Å². The van der Waals surface area contributed by atoms with E-state index in [0.29, 0.717) is 30.6 Å². The molecule has 1 amide bonds. The number of nitrogens with zero attached hydrogens (tertiary/aromatic N) is 1. The average molecular weight is 366 g/mol. The summed E-state index contributed by atoms with van der Waals surface area (Å²) in [5.74, 6) is 0.803. The van der Waals surface area contributed by atoms with E-state index in [2.05, 4.69) is 21.9 Å². The van der Waals surface area contributed by atoms with Gasteiger partial charge in [0.2, 0.25) is 11.5 Å². The second-order valence-electron chi connectivity index (χ2n) is 7.29. The number of anilines is 1. The molecule has 1 saturated heterocycles. The molecule has 140 valence electrons. The lowest BCUT2D eigenvalue weighted by Crippen LogP contribution is -2.56. The van der Waals surface area contributed by atoms with Crippen molar-refractivity contribution in [3.63, 3.8) is 0 Å². The van der Waals surface area contributed by atoms with E-state index in [1.165, 1.54) is 12.1 Å². The first kappa shape index (κ1) is 17.3. The summed E-state index contributed by atoms with van der Waals surface area (Å²) in [4.78, 5) is 42.7. The molecule has 2 aromatic rings. The number of likely N-dealkylation sites (tertiary alicyclic amines) is 1. The number of rotatable bonds is 6. The Morgan fingerprint density at radius 3 is 2.63 bits per heavy atom. The zero-order valence-corrected chi connectivity index (χ0v) is 14.9. The molecule has 0 radical (unpaired) electrons. The number of carbonyl (C=O) groups is 1. The van der Waals surface area contributed by atoms with Gasteiger partial charge in [-0.2, -0.15) is 0 Å². The molecular weight excluding hydrogens is 344 g/mol. The topological polar surface area (TPSA) is 98.1 Å². The Kier molecular flexibility index (Phi) is 4.43. The second kappa shape index (κ2) is 6.90. The number of carbonyl (C=O) groups excluding carboxylic acids is 1. The molecule has 4 rings (SSSR count). The van der Waals surface area contributed by atoms with Crippen molar-refractivity contribution in [2.75, 3.05) is 18.4 Å². The highest BCUT2D eigenvalue weighted by Gasteiger charge is 2.43. The van der Waals surface area contributed by atoms with E-state index in [0.717, 1.165) is 24.0 Å². The second-order valence-corrected chi connectivity index (χ2v) is 7.29. The Morgan fingerprint density at radius 1 is 1.19 bits per heavy atom. The smallest absolute Gasteiger partial charge is 0.271 e. The van der Waals surface area contributed by atoms with E-state index in [9.17, 15) is 14.4 Å². The highest BCUT2D eigenvalue weighted by molar-refractivity contribution is 5.87. The van der Waals surface area contributed by atoms with Crippen molar-refractivity contribution in [1.82, 2.24) is 14.9 Å². The zero-order valence-electron chi connectivity index (χ0n) is 14.9. The predicted molar refractivity (Wildman–Crippen MR) is 104 cm³/mol. The highest BCUT2D eigenvalue weighted by atomic mass is 16.2. The summed E-state index contributed by atoms with van der Waals surface area (Å²) in [6.45, 7) is 4.90. The molecule has 1 unspecified atom stereocenters. The van der Waals surface area contributed by atoms with Gasteiger partial charge in [0.15, 0.2) is 0 Å². The molecule has 1 atom stereocenters. The van der Waals surface area contributed by atoms with Crippen LogP contribution >= 0.6 is 0 Å². The van der Waals surface area contributed by atoms with Crippen LogP contribution in [0.15, 0.2) is 52.8 Å². The fraction of sp³-hybridized carbons (Fsp3) is 0.350. The normalized spacial score (nSPS) is 17.9. The minimum Gasteiger partial charge on any atom is -0.377 e. The third-order valence-electron chi connectivity index (χ3n) is 5.37. The van der Waals surface area contributed by atoms with Crippen molar-refractivity contribution in [3.8, 4) is 11.1 Å². The van der Waals surface area contributed by atoms with E-state index in [1.807, 2.05) is 0 Å². The van der Waals surface area contributed by atoms with Gasteiger partial charge in [-0.1, -0.05) is 6.58 Å². The third kappa shape index (κ3) is 3.58. The molecule has 1 aliphatic carbocycles. The van der Waals surface area contributed by atoms with Gasteiger partial charge in [-0.25, -0.2) is 0 Å². The maximum Gasteiger partial charge on any atom is 0.271 e. The van der Waals surface area contributed by atoms with Crippen LogP contribution in [0.4, 0.5) is 5.69 Å². The lowest BCUT2D eigenvalue weighted by Gasteiger charge is -2.43.